The van der Waals surface area contributed by atoms with Crippen LogP contribution in [0, 0.1) is 0 Å². The van der Waals surface area contributed by atoms with Crippen molar-refractivity contribution >= 4 is 16.8 Å². The highest BCUT2D eigenvalue weighted by atomic mass is 32.2. The van der Waals surface area contributed by atoms with Gasteiger partial charge < -0.3 is 14.4 Å². The molecule has 0 N–H and O–H groups in total. The number of carbonyl (C=O) groups is 1. The fourth-order valence-electron chi connectivity index (χ4n) is 1.73. The van der Waals surface area contributed by atoms with Crippen LogP contribution in [0.4, 0.5) is 0 Å². The summed E-state index contributed by atoms with van der Waals surface area (Å²) in [5.41, 5.74) is 0. The van der Waals surface area contributed by atoms with E-state index in [0.717, 1.165) is 13.1 Å². The molecular formula is C11H21NO4S. The van der Waals surface area contributed by atoms with E-state index >= 15 is 0 Å². The summed E-state index contributed by atoms with van der Waals surface area (Å²) in [6, 6.07) is 0. The quantitative estimate of drug-likeness (QED) is 0.654. The van der Waals surface area contributed by atoms with Gasteiger partial charge in [-0.1, -0.05) is 6.92 Å². The molecule has 0 aromatic heterocycles. The van der Waals surface area contributed by atoms with Crippen molar-refractivity contribution in [1.82, 2.24) is 4.90 Å². The van der Waals surface area contributed by atoms with Crippen LogP contribution in [0.15, 0.2) is 0 Å². The molecule has 0 saturated carbocycles. The average molecular weight is 263 g/mol. The Morgan fingerprint density at radius 1 is 1.65 bits per heavy atom. The normalized spacial score (nSPS) is 25.2. The van der Waals surface area contributed by atoms with Crippen molar-refractivity contribution in [3.8, 4) is 0 Å². The largest absolute Gasteiger partial charge is 0.469 e. The lowest BCUT2D eigenvalue weighted by atomic mass is 10.3. The Morgan fingerprint density at radius 2 is 2.35 bits per heavy atom. The van der Waals surface area contributed by atoms with E-state index in [-0.39, 0.29) is 23.7 Å². The van der Waals surface area contributed by atoms with Crippen molar-refractivity contribution < 1.29 is 18.5 Å². The van der Waals surface area contributed by atoms with Gasteiger partial charge in [0, 0.05) is 29.1 Å². The number of esters is 1. The Balaban J connectivity index is 2.34. The van der Waals surface area contributed by atoms with Gasteiger partial charge in [0.1, 0.15) is 0 Å². The Bertz CT molecular complexity index is 285. The van der Waals surface area contributed by atoms with E-state index in [0.29, 0.717) is 12.4 Å². The Morgan fingerprint density at radius 3 is 2.94 bits per heavy atom. The number of hydrogen-bond donors (Lipinski definition) is 0. The van der Waals surface area contributed by atoms with E-state index in [9.17, 15) is 9.00 Å². The van der Waals surface area contributed by atoms with Crippen LogP contribution in [0.25, 0.3) is 0 Å². The fraction of sp³-hybridized carbons (Fsp3) is 0.909. The summed E-state index contributed by atoms with van der Waals surface area (Å²) < 4.78 is 22.1. The maximum Gasteiger partial charge on any atom is 0.306 e. The zero-order chi connectivity index (χ0) is 12.8. The van der Waals surface area contributed by atoms with E-state index in [1.54, 1.807) is 6.92 Å². The number of morpholine rings is 1. The first kappa shape index (κ1) is 14.6. The van der Waals surface area contributed by atoms with Crippen molar-refractivity contribution in [3.63, 3.8) is 0 Å². The minimum Gasteiger partial charge on any atom is -0.469 e. The molecule has 0 radical (unpaired) electrons. The summed E-state index contributed by atoms with van der Waals surface area (Å²) in [7, 11) is 2.32. The highest BCUT2D eigenvalue weighted by Gasteiger charge is 2.23. The molecule has 1 rings (SSSR count). The van der Waals surface area contributed by atoms with E-state index in [1.807, 2.05) is 7.05 Å². The van der Waals surface area contributed by atoms with E-state index < -0.39 is 10.8 Å². The average Bonchev–Trinajstić information content (AvgIpc) is 2.28. The van der Waals surface area contributed by atoms with Gasteiger partial charge in [0.15, 0.2) is 0 Å². The maximum atomic E-state index is 12.0. The minimum atomic E-state index is -1.05. The summed E-state index contributed by atoms with van der Waals surface area (Å²) in [6.07, 6.45) is 0.209. The third-order valence-electron chi connectivity index (χ3n) is 2.82. The zero-order valence-corrected chi connectivity index (χ0v) is 11.5. The van der Waals surface area contributed by atoms with Crippen molar-refractivity contribution in [2.24, 2.45) is 0 Å². The summed E-state index contributed by atoms with van der Waals surface area (Å²) in [5.74, 6) is 0.176. The number of carbonyl (C=O) groups excluding carboxylic acids is 1. The molecule has 1 heterocycles. The van der Waals surface area contributed by atoms with Gasteiger partial charge in [-0.3, -0.25) is 9.00 Å². The Labute approximate surface area is 105 Å². The number of methoxy groups -OCH3 is 1. The number of hydrogen-bond acceptors (Lipinski definition) is 5. The summed E-state index contributed by atoms with van der Waals surface area (Å²) >= 11 is 0. The van der Waals surface area contributed by atoms with Gasteiger partial charge in [0.05, 0.1) is 32.0 Å². The van der Waals surface area contributed by atoms with E-state index in [2.05, 4.69) is 9.64 Å². The predicted molar refractivity (Wildman–Crippen MR) is 66.3 cm³/mol. The van der Waals surface area contributed by atoms with Crippen LogP contribution in [0.1, 0.15) is 13.3 Å². The molecule has 100 valence electrons. The molecule has 1 aliphatic heterocycles. The second-order valence-electron chi connectivity index (χ2n) is 4.39. The third-order valence-corrected chi connectivity index (χ3v) is 4.59. The second-order valence-corrected chi connectivity index (χ2v) is 6.29. The van der Waals surface area contributed by atoms with Crippen LogP contribution in [0.3, 0.4) is 0 Å². The van der Waals surface area contributed by atoms with Crippen LogP contribution in [-0.2, 0) is 25.1 Å². The van der Waals surface area contributed by atoms with E-state index in [4.69, 9.17) is 4.74 Å². The zero-order valence-electron chi connectivity index (χ0n) is 10.7. The fourth-order valence-corrected chi connectivity index (χ4v) is 2.94. The van der Waals surface area contributed by atoms with Crippen LogP contribution >= 0.6 is 0 Å². The topological polar surface area (TPSA) is 55.8 Å². The first-order valence-corrected chi connectivity index (χ1v) is 7.15. The van der Waals surface area contributed by atoms with Gasteiger partial charge >= 0.3 is 5.97 Å². The molecule has 5 nitrogen and oxygen atoms in total. The predicted octanol–water partition coefficient (Wildman–Crippen LogP) is 0.0173. The lowest BCUT2D eigenvalue weighted by Crippen LogP contribution is -2.43. The first-order chi connectivity index (χ1) is 8.02. The highest BCUT2D eigenvalue weighted by Crippen LogP contribution is 2.09. The van der Waals surface area contributed by atoms with Crippen molar-refractivity contribution in [2.45, 2.75) is 24.7 Å². The lowest BCUT2D eigenvalue weighted by Gasteiger charge is -2.30. The van der Waals surface area contributed by atoms with Crippen LogP contribution in [0.5, 0.6) is 0 Å². The molecule has 0 amide bonds. The van der Waals surface area contributed by atoms with Crippen LogP contribution < -0.4 is 0 Å². The molecule has 0 spiro atoms. The van der Waals surface area contributed by atoms with Gasteiger partial charge in [-0.2, -0.15) is 0 Å². The summed E-state index contributed by atoms with van der Waals surface area (Å²) in [5, 5.41) is -0.182. The Kier molecular flexibility index (Phi) is 6.08. The SMILES string of the molecule is COC(=O)CC(C)S(=O)CC1CN(C)CCO1. The van der Waals surface area contributed by atoms with Gasteiger partial charge in [0.2, 0.25) is 0 Å². The molecule has 1 aliphatic rings. The smallest absolute Gasteiger partial charge is 0.306 e. The molecule has 0 aliphatic carbocycles. The third kappa shape index (κ3) is 5.14. The second kappa shape index (κ2) is 7.08. The van der Waals surface area contributed by atoms with E-state index in [1.165, 1.54) is 7.11 Å². The summed E-state index contributed by atoms with van der Waals surface area (Å²) in [6.45, 7) is 4.21. The summed E-state index contributed by atoms with van der Waals surface area (Å²) in [4.78, 5) is 13.2. The van der Waals surface area contributed by atoms with Gasteiger partial charge in [-0.15, -0.1) is 0 Å². The molecule has 0 bridgehead atoms. The molecule has 3 unspecified atom stereocenters. The van der Waals surface area contributed by atoms with Crippen LogP contribution in [0.2, 0.25) is 0 Å². The van der Waals surface area contributed by atoms with Crippen LogP contribution in [-0.4, -0.2) is 66.0 Å². The van der Waals surface area contributed by atoms with Crippen molar-refractivity contribution in [1.29, 1.82) is 0 Å². The number of rotatable bonds is 5. The molecular weight excluding hydrogens is 242 g/mol. The van der Waals surface area contributed by atoms with Crippen molar-refractivity contribution in [3.05, 3.63) is 0 Å². The maximum absolute atomic E-state index is 12.0. The number of nitrogens with zero attached hydrogens (tertiary/aromatic N) is 1. The van der Waals surface area contributed by atoms with Crippen molar-refractivity contribution in [2.75, 3.05) is 39.6 Å². The van der Waals surface area contributed by atoms with Gasteiger partial charge in [0.25, 0.3) is 0 Å². The van der Waals surface area contributed by atoms with Gasteiger partial charge in [-0.05, 0) is 7.05 Å². The molecule has 0 aromatic carbocycles. The minimum absolute atomic E-state index is 0.00896. The first-order valence-electron chi connectivity index (χ1n) is 5.77. The monoisotopic (exact) mass is 263 g/mol. The molecule has 3 atom stereocenters. The standard InChI is InChI=1S/C11H21NO4S/c1-9(6-11(13)15-3)17(14)8-10-7-12(2)4-5-16-10/h9-10H,4-8H2,1-3H3. The molecule has 0 aromatic rings. The molecule has 1 saturated heterocycles. The van der Waals surface area contributed by atoms with Gasteiger partial charge in [-0.25, -0.2) is 0 Å². The molecule has 1 fully saturated rings. The number of likely N-dealkylation sites (N-methyl/N-ethyl adjacent to an activating group) is 1. The Hall–Kier alpha value is -0.460. The molecule has 6 heteroatoms. The highest BCUT2D eigenvalue weighted by molar-refractivity contribution is 7.85. The lowest BCUT2D eigenvalue weighted by molar-refractivity contribution is -0.140. The number of ether oxygens (including phenoxy) is 2. The molecule has 17 heavy (non-hydrogen) atoms.